The van der Waals surface area contributed by atoms with Gasteiger partial charge in [0.1, 0.15) is 0 Å². The highest BCUT2D eigenvalue weighted by molar-refractivity contribution is 4.76. The third-order valence-corrected chi connectivity index (χ3v) is 3.51. The first-order chi connectivity index (χ1) is 7.90. The highest BCUT2D eigenvalue weighted by atomic mass is 15.2. The fourth-order valence-corrected chi connectivity index (χ4v) is 2.29. The Labute approximate surface area is 109 Å². The summed E-state index contributed by atoms with van der Waals surface area (Å²) < 4.78 is 0. The molecule has 2 nitrogen and oxygen atoms in total. The fourth-order valence-electron chi connectivity index (χ4n) is 2.29. The quantitative estimate of drug-likeness (QED) is 0.667. The van der Waals surface area contributed by atoms with Crippen LogP contribution in [0, 0.1) is 11.8 Å². The molecule has 104 valence electrons. The Morgan fingerprint density at radius 3 is 1.94 bits per heavy atom. The van der Waals surface area contributed by atoms with Gasteiger partial charge < -0.3 is 5.32 Å². The normalized spacial score (nSPS) is 15.9. The van der Waals surface area contributed by atoms with E-state index in [9.17, 15) is 0 Å². The van der Waals surface area contributed by atoms with Gasteiger partial charge in [-0.3, -0.25) is 4.90 Å². The van der Waals surface area contributed by atoms with E-state index in [1.54, 1.807) is 0 Å². The van der Waals surface area contributed by atoms with Gasteiger partial charge in [-0.05, 0) is 58.7 Å². The Hall–Kier alpha value is -0.0800. The lowest BCUT2D eigenvalue weighted by molar-refractivity contribution is 0.123. The lowest BCUT2D eigenvalue weighted by atomic mass is 10.00. The molecule has 17 heavy (non-hydrogen) atoms. The van der Waals surface area contributed by atoms with E-state index >= 15 is 0 Å². The van der Waals surface area contributed by atoms with Crippen molar-refractivity contribution in [1.82, 2.24) is 10.2 Å². The van der Waals surface area contributed by atoms with Crippen molar-refractivity contribution in [3.05, 3.63) is 0 Å². The molecule has 2 heteroatoms. The van der Waals surface area contributed by atoms with Crippen molar-refractivity contribution in [2.45, 2.75) is 67.0 Å². The minimum atomic E-state index is 0.650. The van der Waals surface area contributed by atoms with Crippen LogP contribution < -0.4 is 5.32 Å². The molecule has 2 unspecified atom stereocenters. The van der Waals surface area contributed by atoms with Gasteiger partial charge in [-0.25, -0.2) is 0 Å². The second-order valence-electron chi connectivity index (χ2n) is 6.10. The van der Waals surface area contributed by atoms with Gasteiger partial charge in [0.2, 0.25) is 0 Å². The van der Waals surface area contributed by atoms with Gasteiger partial charge >= 0.3 is 0 Å². The van der Waals surface area contributed by atoms with Crippen LogP contribution >= 0.6 is 0 Å². The molecule has 0 aromatic carbocycles. The van der Waals surface area contributed by atoms with Crippen molar-refractivity contribution >= 4 is 0 Å². The average Bonchev–Trinajstić information content (AvgIpc) is 2.23. The number of rotatable bonds is 9. The summed E-state index contributed by atoms with van der Waals surface area (Å²) in [6.45, 7) is 19.6. The second kappa shape index (κ2) is 8.93. The molecule has 0 bridgehead atoms. The number of nitrogens with one attached hydrogen (secondary N) is 1. The molecule has 0 aliphatic heterocycles. The van der Waals surface area contributed by atoms with Crippen LogP contribution in [-0.4, -0.2) is 36.6 Å². The minimum absolute atomic E-state index is 0.650. The SMILES string of the molecule is CCCN(C(C)C)C(C)C(C)CNCC(C)C. The molecular formula is C15H34N2. The third kappa shape index (κ3) is 7.05. The molecule has 2 atom stereocenters. The molecule has 0 aromatic rings. The summed E-state index contributed by atoms with van der Waals surface area (Å²) in [5.41, 5.74) is 0. The van der Waals surface area contributed by atoms with Crippen molar-refractivity contribution < 1.29 is 0 Å². The number of hydrogen-bond donors (Lipinski definition) is 1. The van der Waals surface area contributed by atoms with E-state index in [4.69, 9.17) is 0 Å². The average molecular weight is 242 g/mol. The summed E-state index contributed by atoms with van der Waals surface area (Å²) >= 11 is 0. The van der Waals surface area contributed by atoms with Gasteiger partial charge in [-0.15, -0.1) is 0 Å². The van der Waals surface area contributed by atoms with Gasteiger partial charge in [0.05, 0.1) is 0 Å². The molecule has 0 aromatic heterocycles. The molecule has 0 heterocycles. The zero-order valence-corrected chi connectivity index (χ0v) is 13.1. The van der Waals surface area contributed by atoms with Crippen LogP contribution in [0.25, 0.3) is 0 Å². The molecule has 0 saturated carbocycles. The molecule has 0 aliphatic rings. The Morgan fingerprint density at radius 2 is 1.53 bits per heavy atom. The topological polar surface area (TPSA) is 15.3 Å². The second-order valence-corrected chi connectivity index (χ2v) is 6.10. The Kier molecular flexibility index (Phi) is 8.89. The molecule has 0 spiro atoms. The van der Waals surface area contributed by atoms with Gasteiger partial charge in [-0.1, -0.05) is 27.7 Å². The van der Waals surface area contributed by atoms with Crippen molar-refractivity contribution in [1.29, 1.82) is 0 Å². The highest BCUT2D eigenvalue weighted by Crippen LogP contribution is 2.14. The summed E-state index contributed by atoms with van der Waals surface area (Å²) in [6, 6.07) is 1.31. The van der Waals surface area contributed by atoms with Crippen LogP contribution in [0.3, 0.4) is 0 Å². The van der Waals surface area contributed by atoms with Gasteiger partial charge in [-0.2, -0.15) is 0 Å². The largest absolute Gasteiger partial charge is 0.316 e. The van der Waals surface area contributed by atoms with E-state index in [-0.39, 0.29) is 0 Å². The predicted molar refractivity (Wildman–Crippen MR) is 78.5 cm³/mol. The minimum Gasteiger partial charge on any atom is -0.316 e. The Bertz CT molecular complexity index is 178. The van der Waals surface area contributed by atoms with Crippen molar-refractivity contribution in [3.8, 4) is 0 Å². The molecule has 0 saturated heterocycles. The third-order valence-electron chi connectivity index (χ3n) is 3.51. The maximum absolute atomic E-state index is 3.57. The molecular weight excluding hydrogens is 208 g/mol. The van der Waals surface area contributed by atoms with Crippen LogP contribution in [0.1, 0.15) is 54.9 Å². The van der Waals surface area contributed by atoms with Crippen LogP contribution in [0.4, 0.5) is 0 Å². The van der Waals surface area contributed by atoms with Crippen molar-refractivity contribution in [3.63, 3.8) is 0 Å². The standard InChI is InChI=1S/C15H34N2/c1-8-9-17(13(4)5)15(7)14(6)11-16-10-12(2)3/h12-16H,8-11H2,1-7H3. The fraction of sp³-hybridized carbons (Fsp3) is 1.00. The van der Waals surface area contributed by atoms with Gasteiger partial charge in [0, 0.05) is 12.1 Å². The van der Waals surface area contributed by atoms with Gasteiger partial charge in [0.15, 0.2) is 0 Å². The molecule has 0 fully saturated rings. The maximum atomic E-state index is 3.57. The van der Waals surface area contributed by atoms with E-state index in [2.05, 4.69) is 58.7 Å². The van der Waals surface area contributed by atoms with Crippen LogP contribution in [0.5, 0.6) is 0 Å². The maximum Gasteiger partial charge on any atom is 0.0107 e. The zero-order valence-electron chi connectivity index (χ0n) is 13.1. The molecule has 0 rings (SSSR count). The van der Waals surface area contributed by atoms with Crippen molar-refractivity contribution in [2.24, 2.45) is 11.8 Å². The summed E-state index contributed by atoms with van der Waals surface area (Å²) in [5.74, 6) is 1.46. The first kappa shape index (κ1) is 16.9. The van der Waals surface area contributed by atoms with Crippen LogP contribution in [-0.2, 0) is 0 Å². The van der Waals surface area contributed by atoms with E-state index in [1.165, 1.54) is 13.0 Å². The monoisotopic (exact) mass is 242 g/mol. The lowest BCUT2D eigenvalue weighted by Gasteiger charge is -2.36. The first-order valence-corrected chi connectivity index (χ1v) is 7.36. The van der Waals surface area contributed by atoms with Crippen LogP contribution in [0.2, 0.25) is 0 Å². The lowest BCUT2D eigenvalue weighted by Crippen LogP contribution is -2.45. The van der Waals surface area contributed by atoms with Crippen molar-refractivity contribution in [2.75, 3.05) is 19.6 Å². The van der Waals surface area contributed by atoms with E-state index < -0.39 is 0 Å². The molecule has 0 radical (unpaired) electrons. The van der Waals surface area contributed by atoms with Crippen LogP contribution in [0.15, 0.2) is 0 Å². The first-order valence-electron chi connectivity index (χ1n) is 7.36. The summed E-state index contributed by atoms with van der Waals surface area (Å²) in [6.07, 6.45) is 1.24. The number of nitrogens with zero attached hydrogens (tertiary/aromatic N) is 1. The predicted octanol–water partition coefficient (Wildman–Crippen LogP) is 3.38. The highest BCUT2D eigenvalue weighted by Gasteiger charge is 2.21. The Balaban J connectivity index is 4.10. The summed E-state index contributed by atoms with van der Waals surface area (Å²) in [4.78, 5) is 2.63. The number of hydrogen-bond acceptors (Lipinski definition) is 2. The zero-order chi connectivity index (χ0) is 13.4. The van der Waals surface area contributed by atoms with E-state index in [0.29, 0.717) is 18.0 Å². The molecule has 0 amide bonds. The van der Waals surface area contributed by atoms with E-state index in [0.717, 1.165) is 19.0 Å². The summed E-state index contributed by atoms with van der Waals surface area (Å²) in [7, 11) is 0. The smallest absolute Gasteiger partial charge is 0.0107 e. The Morgan fingerprint density at radius 1 is 0.941 bits per heavy atom. The van der Waals surface area contributed by atoms with Gasteiger partial charge in [0.25, 0.3) is 0 Å². The molecule has 1 N–H and O–H groups in total. The molecule has 0 aliphatic carbocycles. The van der Waals surface area contributed by atoms with E-state index in [1.807, 2.05) is 0 Å². The summed E-state index contributed by atoms with van der Waals surface area (Å²) in [5, 5.41) is 3.57.